The molecule has 0 spiro atoms. The summed E-state index contributed by atoms with van der Waals surface area (Å²) >= 11 is 0. The zero-order valence-electron chi connectivity index (χ0n) is 11.1. The highest BCUT2D eigenvalue weighted by molar-refractivity contribution is 6.02. The Morgan fingerprint density at radius 3 is 2.80 bits per heavy atom. The fourth-order valence-corrected chi connectivity index (χ4v) is 1.82. The first-order valence-corrected chi connectivity index (χ1v) is 5.94. The minimum absolute atomic E-state index is 0.0224. The van der Waals surface area contributed by atoms with Crippen LogP contribution >= 0.6 is 0 Å². The molecule has 1 heterocycles. The van der Waals surface area contributed by atoms with Gasteiger partial charge in [-0.25, -0.2) is 9.78 Å². The van der Waals surface area contributed by atoms with Gasteiger partial charge in [0.1, 0.15) is 17.1 Å². The molecule has 0 saturated heterocycles. The summed E-state index contributed by atoms with van der Waals surface area (Å²) in [6.07, 6.45) is -0.117. The molecule has 0 bridgehead atoms. The Kier molecular flexibility index (Phi) is 3.88. The van der Waals surface area contributed by atoms with E-state index >= 15 is 0 Å². The molecule has 0 aliphatic heterocycles. The van der Waals surface area contributed by atoms with Crippen LogP contribution in [0.15, 0.2) is 12.1 Å². The molecule has 2 N–H and O–H groups in total. The average Bonchev–Trinajstić information content (AvgIpc) is 2.76. The maximum Gasteiger partial charge on any atom is 0.340 e. The lowest BCUT2D eigenvalue weighted by Gasteiger charge is -2.07. The Morgan fingerprint density at radius 2 is 2.15 bits per heavy atom. The van der Waals surface area contributed by atoms with Crippen LogP contribution in [0.2, 0.25) is 0 Å². The van der Waals surface area contributed by atoms with Gasteiger partial charge in [-0.2, -0.15) is 0 Å². The molecule has 0 radical (unpaired) electrons. The van der Waals surface area contributed by atoms with Gasteiger partial charge in [0.2, 0.25) is 0 Å². The summed E-state index contributed by atoms with van der Waals surface area (Å²) in [4.78, 5) is 29.4. The first-order valence-electron chi connectivity index (χ1n) is 5.94. The number of rotatable bonds is 5. The lowest BCUT2D eigenvalue weighted by atomic mass is 10.1. The molecule has 0 unspecified atom stereocenters. The summed E-state index contributed by atoms with van der Waals surface area (Å²) in [5.74, 6) is -0.419. The van der Waals surface area contributed by atoms with Crippen LogP contribution in [0, 0.1) is 6.92 Å². The molecule has 0 aliphatic rings. The zero-order chi connectivity index (χ0) is 14.7. The second-order valence-corrected chi connectivity index (χ2v) is 4.17. The lowest BCUT2D eigenvalue weighted by Crippen LogP contribution is -2.07. The van der Waals surface area contributed by atoms with Gasteiger partial charge < -0.3 is 19.6 Å². The number of imidazole rings is 1. The SMILES string of the molecule is COC(=O)c1cc(OCCC(=O)O)cc2[nH]c(C)nc12. The molecule has 0 fully saturated rings. The highest BCUT2D eigenvalue weighted by atomic mass is 16.5. The Hall–Kier alpha value is -2.57. The van der Waals surface area contributed by atoms with Crippen LogP contribution in [0.5, 0.6) is 5.75 Å². The van der Waals surface area contributed by atoms with E-state index in [1.54, 1.807) is 13.0 Å². The van der Waals surface area contributed by atoms with Crippen LogP contribution in [0.3, 0.4) is 0 Å². The normalized spacial score (nSPS) is 10.5. The van der Waals surface area contributed by atoms with Crippen LogP contribution in [0.4, 0.5) is 0 Å². The van der Waals surface area contributed by atoms with Crippen molar-refractivity contribution in [3.05, 3.63) is 23.5 Å². The lowest BCUT2D eigenvalue weighted by molar-refractivity contribution is -0.137. The Labute approximate surface area is 114 Å². The van der Waals surface area contributed by atoms with E-state index in [4.69, 9.17) is 14.6 Å². The number of carbonyl (C=O) groups excluding carboxylic acids is 1. The second-order valence-electron chi connectivity index (χ2n) is 4.17. The van der Waals surface area contributed by atoms with Gasteiger partial charge >= 0.3 is 11.9 Å². The molecule has 106 valence electrons. The highest BCUT2D eigenvalue weighted by Crippen LogP contribution is 2.24. The van der Waals surface area contributed by atoms with Crippen molar-refractivity contribution < 1.29 is 24.2 Å². The van der Waals surface area contributed by atoms with Gasteiger partial charge in [-0.05, 0) is 13.0 Å². The van der Waals surface area contributed by atoms with Crippen molar-refractivity contribution in [3.63, 3.8) is 0 Å². The standard InChI is InChI=1S/C13H14N2O5/c1-7-14-10-6-8(20-4-3-11(16)17)5-9(12(10)15-7)13(18)19-2/h5-6H,3-4H2,1-2H3,(H,14,15)(H,16,17). The van der Waals surface area contributed by atoms with Gasteiger partial charge in [0.15, 0.2) is 0 Å². The van der Waals surface area contributed by atoms with E-state index in [1.165, 1.54) is 13.2 Å². The number of aromatic nitrogens is 2. The maximum absolute atomic E-state index is 11.7. The summed E-state index contributed by atoms with van der Waals surface area (Å²) in [6.45, 7) is 1.79. The van der Waals surface area contributed by atoms with E-state index in [2.05, 4.69) is 9.97 Å². The Morgan fingerprint density at radius 1 is 1.40 bits per heavy atom. The molecule has 0 aliphatic carbocycles. The predicted octanol–water partition coefficient (Wildman–Crippen LogP) is 1.51. The molecule has 2 aromatic rings. The number of aryl methyl sites for hydroxylation is 1. The van der Waals surface area contributed by atoms with Crippen LogP contribution in [-0.4, -0.2) is 40.7 Å². The fourth-order valence-electron chi connectivity index (χ4n) is 1.82. The van der Waals surface area contributed by atoms with E-state index in [0.717, 1.165) is 0 Å². The Bertz CT molecular complexity index is 662. The van der Waals surface area contributed by atoms with Gasteiger partial charge in [0.25, 0.3) is 0 Å². The Balaban J connectivity index is 2.36. The van der Waals surface area contributed by atoms with E-state index < -0.39 is 11.9 Å². The van der Waals surface area contributed by atoms with Crippen LogP contribution in [0.25, 0.3) is 11.0 Å². The van der Waals surface area contributed by atoms with E-state index in [-0.39, 0.29) is 18.6 Å². The van der Waals surface area contributed by atoms with Crippen LogP contribution in [-0.2, 0) is 9.53 Å². The summed E-state index contributed by atoms with van der Waals surface area (Å²) in [7, 11) is 1.28. The number of carboxylic acid groups (broad SMARTS) is 1. The molecule has 0 amide bonds. The molecular formula is C13H14N2O5. The molecule has 0 saturated carbocycles. The van der Waals surface area contributed by atoms with Crippen molar-refractivity contribution in [1.29, 1.82) is 0 Å². The minimum Gasteiger partial charge on any atom is -0.493 e. The van der Waals surface area contributed by atoms with Gasteiger partial charge in [0.05, 0.1) is 31.2 Å². The highest BCUT2D eigenvalue weighted by Gasteiger charge is 2.16. The van der Waals surface area contributed by atoms with Gasteiger partial charge in [-0.15, -0.1) is 0 Å². The van der Waals surface area contributed by atoms with Crippen molar-refractivity contribution >= 4 is 23.0 Å². The molecule has 1 aromatic carbocycles. The second kappa shape index (κ2) is 5.60. The fraction of sp³-hybridized carbons (Fsp3) is 0.308. The number of ether oxygens (including phenoxy) is 2. The number of H-pyrrole nitrogens is 1. The predicted molar refractivity (Wildman–Crippen MR) is 69.9 cm³/mol. The first-order chi connectivity index (χ1) is 9.51. The molecule has 7 heteroatoms. The third-order valence-electron chi connectivity index (χ3n) is 2.67. The third-order valence-corrected chi connectivity index (χ3v) is 2.67. The summed E-state index contributed by atoms with van der Waals surface area (Å²) in [5.41, 5.74) is 1.41. The number of nitrogens with zero attached hydrogens (tertiary/aromatic N) is 1. The van der Waals surface area contributed by atoms with Crippen molar-refractivity contribution in [3.8, 4) is 5.75 Å². The number of fused-ring (bicyclic) bond motifs is 1. The van der Waals surface area contributed by atoms with Gasteiger partial charge in [-0.1, -0.05) is 0 Å². The quantitative estimate of drug-likeness (QED) is 0.804. The van der Waals surface area contributed by atoms with Crippen molar-refractivity contribution in [2.45, 2.75) is 13.3 Å². The van der Waals surface area contributed by atoms with Crippen molar-refractivity contribution in [1.82, 2.24) is 9.97 Å². The number of hydrogen-bond donors (Lipinski definition) is 2. The molecule has 20 heavy (non-hydrogen) atoms. The molecular weight excluding hydrogens is 264 g/mol. The molecule has 2 rings (SSSR count). The first kappa shape index (κ1) is 13.9. The minimum atomic E-state index is -0.948. The smallest absolute Gasteiger partial charge is 0.340 e. The largest absolute Gasteiger partial charge is 0.493 e. The van der Waals surface area contributed by atoms with E-state index in [9.17, 15) is 9.59 Å². The number of hydrogen-bond acceptors (Lipinski definition) is 5. The molecule has 7 nitrogen and oxygen atoms in total. The summed E-state index contributed by atoms with van der Waals surface area (Å²) < 4.78 is 10.0. The van der Waals surface area contributed by atoms with Gasteiger partial charge in [-0.3, -0.25) is 4.79 Å². The van der Waals surface area contributed by atoms with Crippen molar-refractivity contribution in [2.75, 3.05) is 13.7 Å². The number of nitrogens with one attached hydrogen (secondary N) is 1. The van der Waals surface area contributed by atoms with Gasteiger partial charge in [0, 0.05) is 6.07 Å². The average molecular weight is 278 g/mol. The van der Waals surface area contributed by atoms with Crippen molar-refractivity contribution in [2.24, 2.45) is 0 Å². The van der Waals surface area contributed by atoms with Crippen LogP contribution < -0.4 is 4.74 Å². The number of aliphatic carboxylic acids is 1. The summed E-state index contributed by atoms with van der Waals surface area (Å²) in [5, 5.41) is 8.58. The third kappa shape index (κ3) is 2.87. The molecule has 0 atom stereocenters. The topological polar surface area (TPSA) is 102 Å². The monoisotopic (exact) mass is 278 g/mol. The van der Waals surface area contributed by atoms with E-state index in [0.29, 0.717) is 22.6 Å². The maximum atomic E-state index is 11.7. The number of benzene rings is 1. The number of esters is 1. The molecule has 1 aromatic heterocycles. The van der Waals surface area contributed by atoms with E-state index in [1.807, 2.05) is 0 Å². The number of carbonyl (C=O) groups is 2. The zero-order valence-corrected chi connectivity index (χ0v) is 11.1. The number of methoxy groups -OCH3 is 1. The number of aromatic amines is 1. The summed E-state index contributed by atoms with van der Waals surface area (Å²) in [6, 6.07) is 3.17. The number of carboxylic acids is 1. The van der Waals surface area contributed by atoms with Crippen LogP contribution in [0.1, 0.15) is 22.6 Å².